The normalized spacial score (nSPS) is 19.4. The number of nitrogens with one attached hydrogen (secondary N) is 2. The van der Waals surface area contributed by atoms with E-state index < -0.39 is 17.7 Å². The smallest absolute Gasteiger partial charge is 0.314 e. The highest BCUT2D eigenvalue weighted by Gasteiger charge is 2.27. The zero-order valence-corrected chi connectivity index (χ0v) is 13.5. The topological polar surface area (TPSA) is 111 Å². The summed E-state index contributed by atoms with van der Waals surface area (Å²) in [5.41, 5.74) is 6.69. The minimum absolute atomic E-state index is 0.0292. The molecule has 0 aromatic carbocycles. The molecule has 23 heavy (non-hydrogen) atoms. The number of amides is 3. The first-order valence-corrected chi connectivity index (χ1v) is 8.53. The lowest BCUT2D eigenvalue weighted by Crippen LogP contribution is -2.39. The summed E-state index contributed by atoms with van der Waals surface area (Å²) in [5.74, 6) is -2.09. The number of anilines is 1. The Hall–Kier alpha value is -1.93. The van der Waals surface area contributed by atoms with Gasteiger partial charge in [0.15, 0.2) is 0 Å². The van der Waals surface area contributed by atoms with E-state index >= 15 is 0 Å². The van der Waals surface area contributed by atoms with Crippen molar-refractivity contribution in [3.8, 4) is 0 Å². The maximum Gasteiger partial charge on any atom is 0.314 e. The van der Waals surface area contributed by atoms with Gasteiger partial charge in [0, 0.05) is 18.0 Å². The Labute approximate surface area is 137 Å². The second-order valence-electron chi connectivity index (χ2n) is 5.72. The molecule has 0 radical (unpaired) electrons. The van der Waals surface area contributed by atoms with Crippen molar-refractivity contribution >= 4 is 34.1 Å². The molecule has 3 amide bonds. The van der Waals surface area contributed by atoms with Crippen molar-refractivity contribution in [2.75, 3.05) is 18.5 Å². The second kappa shape index (κ2) is 6.67. The van der Waals surface area contributed by atoms with Crippen LogP contribution in [0.15, 0.2) is 0 Å². The zero-order valence-electron chi connectivity index (χ0n) is 12.6. The van der Waals surface area contributed by atoms with Gasteiger partial charge in [-0.3, -0.25) is 14.4 Å². The molecule has 124 valence electrons. The predicted molar refractivity (Wildman–Crippen MR) is 85.5 cm³/mol. The van der Waals surface area contributed by atoms with Gasteiger partial charge in [0.25, 0.3) is 5.91 Å². The molecular formula is C15H19N3O4S. The van der Waals surface area contributed by atoms with Crippen molar-refractivity contribution in [3.05, 3.63) is 16.0 Å². The summed E-state index contributed by atoms with van der Waals surface area (Å²) in [6.07, 6.45) is 4.46. The molecule has 0 saturated carbocycles. The van der Waals surface area contributed by atoms with Crippen LogP contribution in [0.2, 0.25) is 0 Å². The third-order valence-electron chi connectivity index (χ3n) is 4.12. The molecule has 0 spiro atoms. The number of hydrogen-bond donors (Lipinski definition) is 3. The largest absolute Gasteiger partial charge is 0.376 e. The van der Waals surface area contributed by atoms with Gasteiger partial charge in [-0.25, -0.2) is 0 Å². The van der Waals surface area contributed by atoms with Crippen molar-refractivity contribution in [3.63, 3.8) is 0 Å². The fourth-order valence-corrected chi connectivity index (χ4v) is 4.29. The number of primary amides is 1. The summed E-state index contributed by atoms with van der Waals surface area (Å²) < 4.78 is 5.39. The van der Waals surface area contributed by atoms with Gasteiger partial charge in [-0.05, 0) is 37.7 Å². The molecule has 1 aromatic heterocycles. The van der Waals surface area contributed by atoms with Crippen molar-refractivity contribution < 1.29 is 19.1 Å². The summed E-state index contributed by atoms with van der Waals surface area (Å²) in [7, 11) is 0. The van der Waals surface area contributed by atoms with E-state index in [4.69, 9.17) is 10.5 Å². The van der Waals surface area contributed by atoms with Crippen LogP contribution in [0, 0.1) is 0 Å². The number of carbonyl (C=O) groups excluding carboxylic acids is 3. The first-order valence-electron chi connectivity index (χ1n) is 7.71. The molecule has 1 unspecified atom stereocenters. The van der Waals surface area contributed by atoms with Crippen LogP contribution >= 0.6 is 11.3 Å². The van der Waals surface area contributed by atoms with Crippen LogP contribution in [0.5, 0.6) is 0 Å². The predicted octanol–water partition coefficient (Wildman–Crippen LogP) is 0.569. The molecule has 2 heterocycles. The molecule has 3 rings (SSSR count). The molecule has 1 fully saturated rings. The van der Waals surface area contributed by atoms with Crippen molar-refractivity contribution in [2.24, 2.45) is 5.73 Å². The van der Waals surface area contributed by atoms with Gasteiger partial charge in [-0.15, -0.1) is 11.3 Å². The molecule has 1 aliphatic heterocycles. The van der Waals surface area contributed by atoms with Gasteiger partial charge in [0.1, 0.15) is 5.00 Å². The van der Waals surface area contributed by atoms with Crippen LogP contribution in [0.3, 0.4) is 0 Å². The highest BCUT2D eigenvalue weighted by atomic mass is 32.1. The maximum atomic E-state index is 12.0. The highest BCUT2D eigenvalue weighted by Crippen LogP contribution is 2.38. The number of aryl methyl sites for hydroxylation is 1. The Morgan fingerprint density at radius 1 is 1.22 bits per heavy atom. The molecule has 1 aromatic rings. The Balaban J connectivity index is 1.63. The first-order chi connectivity index (χ1) is 11.1. The Morgan fingerprint density at radius 3 is 2.74 bits per heavy atom. The number of fused-ring (bicyclic) bond motifs is 1. The Morgan fingerprint density at radius 2 is 2.04 bits per heavy atom. The molecule has 2 aliphatic rings. The van der Waals surface area contributed by atoms with Gasteiger partial charge in [-0.2, -0.15) is 0 Å². The lowest BCUT2D eigenvalue weighted by molar-refractivity contribution is -0.136. The first kappa shape index (κ1) is 15.9. The van der Waals surface area contributed by atoms with Crippen molar-refractivity contribution in [2.45, 2.75) is 38.2 Å². The third-order valence-corrected chi connectivity index (χ3v) is 5.32. The number of nitrogens with two attached hydrogens (primary N) is 1. The number of hydrogen-bond acceptors (Lipinski definition) is 5. The summed E-state index contributed by atoms with van der Waals surface area (Å²) in [4.78, 5) is 36.6. The highest BCUT2D eigenvalue weighted by molar-refractivity contribution is 7.17. The molecule has 1 saturated heterocycles. The average molecular weight is 337 g/mol. The molecule has 4 N–H and O–H groups in total. The van der Waals surface area contributed by atoms with Crippen LogP contribution in [-0.2, 0) is 27.2 Å². The average Bonchev–Trinajstić information content (AvgIpc) is 3.20. The van der Waals surface area contributed by atoms with Gasteiger partial charge >= 0.3 is 11.8 Å². The van der Waals surface area contributed by atoms with Gasteiger partial charge in [-0.1, -0.05) is 0 Å². The van der Waals surface area contributed by atoms with E-state index in [1.54, 1.807) is 0 Å². The standard InChI is InChI=1S/C15H19N3O4S/c16-12(19)11-9-4-1-5-10(9)23-15(11)18-14(21)13(20)17-7-8-3-2-6-22-8/h8H,1-7H2,(H2,16,19)(H,17,20)(H,18,21). The van der Waals surface area contributed by atoms with Crippen molar-refractivity contribution in [1.29, 1.82) is 0 Å². The van der Waals surface area contributed by atoms with E-state index in [0.717, 1.165) is 42.5 Å². The lowest BCUT2D eigenvalue weighted by atomic mass is 10.1. The van der Waals surface area contributed by atoms with Crippen molar-refractivity contribution in [1.82, 2.24) is 5.32 Å². The lowest BCUT2D eigenvalue weighted by Gasteiger charge is -2.10. The Kier molecular flexibility index (Phi) is 4.63. The van der Waals surface area contributed by atoms with E-state index in [0.29, 0.717) is 23.7 Å². The summed E-state index contributed by atoms with van der Waals surface area (Å²) in [6.45, 7) is 1.01. The second-order valence-corrected chi connectivity index (χ2v) is 6.83. The zero-order chi connectivity index (χ0) is 16.4. The van der Waals surface area contributed by atoms with Crippen LogP contribution in [0.1, 0.15) is 40.1 Å². The van der Waals surface area contributed by atoms with E-state index in [1.165, 1.54) is 11.3 Å². The summed E-state index contributed by atoms with van der Waals surface area (Å²) in [6, 6.07) is 0. The summed E-state index contributed by atoms with van der Waals surface area (Å²) in [5, 5.41) is 5.45. The minimum Gasteiger partial charge on any atom is -0.376 e. The SMILES string of the molecule is NC(=O)c1c(NC(=O)C(=O)NCC2CCCO2)sc2c1CCC2. The molecule has 1 atom stereocenters. The van der Waals surface area contributed by atoms with E-state index in [9.17, 15) is 14.4 Å². The van der Waals surface area contributed by atoms with E-state index in [1.807, 2.05) is 0 Å². The number of rotatable bonds is 4. The van der Waals surface area contributed by atoms with Crippen LogP contribution in [0.25, 0.3) is 0 Å². The number of carbonyl (C=O) groups is 3. The van der Waals surface area contributed by atoms with Crippen LogP contribution in [-0.4, -0.2) is 37.0 Å². The molecule has 8 heteroatoms. The molecule has 7 nitrogen and oxygen atoms in total. The van der Waals surface area contributed by atoms with Gasteiger partial charge in [0.05, 0.1) is 11.7 Å². The molecular weight excluding hydrogens is 318 g/mol. The van der Waals surface area contributed by atoms with E-state index in [-0.39, 0.29) is 6.10 Å². The minimum atomic E-state index is -0.787. The Bertz CT molecular complexity index is 649. The van der Waals surface area contributed by atoms with Gasteiger partial charge < -0.3 is 21.1 Å². The van der Waals surface area contributed by atoms with Gasteiger partial charge in [0.2, 0.25) is 0 Å². The third kappa shape index (κ3) is 3.37. The number of thiophene rings is 1. The fourth-order valence-electron chi connectivity index (χ4n) is 3.00. The monoisotopic (exact) mass is 337 g/mol. The summed E-state index contributed by atoms with van der Waals surface area (Å²) >= 11 is 1.33. The fraction of sp³-hybridized carbons (Fsp3) is 0.533. The quantitative estimate of drug-likeness (QED) is 0.698. The van der Waals surface area contributed by atoms with E-state index in [2.05, 4.69) is 10.6 Å². The van der Waals surface area contributed by atoms with Crippen LogP contribution in [0.4, 0.5) is 5.00 Å². The van der Waals surface area contributed by atoms with Crippen LogP contribution < -0.4 is 16.4 Å². The molecule has 0 bridgehead atoms. The molecule has 1 aliphatic carbocycles. The number of ether oxygens (including phenoxy) is 1. The maximum absolute atomic E-state index is 12.0.